The number of rotatable bonds is 3. The molecular formula is C17H17N5O2. The van der Waals surface area contributed by atoms with E-state index in [1.165, 1.54) is 5.69 Å². The SMILES string of the molecule is Oc1ncc(-c2nccn2-c2ccc(N3CCOCC3)cc2)cn1. The summed E-state index contributed by atoms with van der Waals surface area (Å²) in [7, 11) is 0. The van der Waals surface area contributed by atoms with E-state index in [4.69, 9.17) is 4.74 Å². The van der Waals surface area contributed by atoms with Crippen molar-refractivity contribution in [2.45, 2.75) is 0 Å². The zero-order valence-corrected chi connectivity index (χ0v) is 13.0. The maximum atomic E-state index is 9.23. The molecule has 1 aliphatic rings. The number of aromatic nitrogens is 4. The summed E-state index contributed by atoms with van der Waals surface area (Å²) in [6.45, 7) is 3.38. The molecule has 1 saturated heterocycles. The summed E-state index contributed by atoms with van der Waals surface area (Å²) in [6, 6.07) is 8.11. The van der Waals surface area contributed by atoms with Gasteiger partial charge in [0.1, 0.15) is 5.82 Å². The van der Waals surface area contributed by atoms with E-state index in [0.29, 0.717) is 0 Å². The fourth-order valence-corrected chi connectivity index (χ4v) is 2.81. The molecule has 7 nitrogen and oxygen atoms in total. The molecule has 0 bridgehead atoms. The van der Waals surface area contributed by atoms with Gasteiger partial charge in [0.05, 0.1) is 18.8 Å². The highest BCUT2D eigenvalue weighted by Gasteiger charge is 2.12. The molecule has 0 atom stereocenters. The predicted octanol–water partition coefficient (Wildman–Crippen LogP) is 1.87. The van der Waals surface area contributed by atoms with Crippen molar-refractivity contribution in [1.29, 1.82) is 0 Å². The normalized spacial score (nSPS) is 14.8. The third kappa shape index (κ3) is 2.81. The van der Waals surface area contributed by atoms with E-state index in [0.717, 1.165) is 43.4 Å². The van der Waals surface area contributed by atoms with Gasteiger partial charge in [-0.05, 0) is 24.3 Å². The van der Waals surface area contributed by atoms with Crippen molar-refractivity contribution in [2.24, 2.45) is 0 Å². The Balaban J connectivity index is 1.62. The first-order valence-electron chi connectivity index (χ1n) is 7.79. The second-order valence-electron chi connectivity index (χ2n) is 5.51. The minimum atomic E-state index is -0.244. The molecule has 1 aromatic carbocycles. The Morgan fingerprint density at radius 2 is 1.58 bits per heavy atom. The smallest absolute Gasteiger partial charge is 0.313 e. The number of hydrogen-bond acceptors (Lipinski definition) is 6. The molecule has 0 unspecified atom stereocenters. The summed E-state index contributed by atoms with van der Waals surface area (Å²) in [5, 5.41) is 9.23. The van der Waals surface area contributed by atoms with Crippen molar-refractivity contribution < 1.29 is 9.84 Å². The molecule has 122 valence electrons. The summed E-state index contributed by atoms with van der Waals surface area (Å²) in [4.78, 5) is 14.3. The van der Waals surface area contributed by atoms with Gasteiger partial charge in [0.2, 0.25) is 0 Å². The van der Waals surface area contributed by atoms with E-state index in [1.54, 1.807) is 18.6 Å². The molecule has 0 radical (unpaired) electrons. The predicted molar refractivity (Wildman–Crippen MR) is 89.3 cm³/mol. The highest BCUT2D eigenvalue weighted by molar-refractivity contribution is 5.58. The van der Waals surface area contributed by atoms with Crippen LogP contribution >= 0.6 is 0 Å². The van der Waals surface area contributed by atoms with Gasteiger partial charge in [0.25, 0.3) is 0 Å². The third-order valence-corrected chi connectivity index (χ3v) is 4.04. The van der Waals surface area contributed by atoms with Crippen LogP contribution in [-0.4, -0.2) is 50.9 Å². The van der Waals surface area contributed by atoms with E-state index in [1.807, 2.05) is 10.8 Å². The van der Waals surface area contributed by atoms with Gasteiger partial charge >= 0.3 is 6.01 Å². The molecule has 1 fully saturated rings. The van der Waals surface area contributed by atoms with Gasteiger partial charge in [0.15, 0.2) is 0 Å². The van der Waals surface area contributed by atoms with Crippen molar-refractivity contribution in [3.63, 3.8) is 0 Å². The molecule has 24 heavy (non-hydrogen) atoms. The van der Waals surface area contributed by atoms with Crippen molar-refractivity contribution in [3.8, 4) is 23.1 Å². The second kappa shape index (κ2) is 6.29. The lowest BCUT2D eigenvalue weighted by Gasteiger charge is -2.29. The molecule has 4 rings (SSSR count). The van der Waals surface area contributed by atoms with Gasteiger partial charge in [-0.1, -0.05) is 0 Å². The second-order valence-corrected chi connectivity index (χ2v) is 5.51. The standard InChI is InChI=1S/C17H17N5O2/c23-17-19-11-13(12-20-17)16-18-5-6-22(16)15-3-1-14(2-4-15)21-7-9-24-10-8-21/h1-6,11-12H,7-10H2,(H,19,20,23). The molecule has 0 saturated carbocycles. The highest BCUT2D eigenvalue weighted by Crippen LogP contribution is 2.23. The summed E-state index contributed by atoms with van der Waals surface area (Å²) >= 11 is 0. The number of anilines is 1. The van der Waals surface area contributed by atoms with Crippen molar-refractivity contribution in [3.05, 3.63) is 49.1 Å². The minimum Gasteiger partial charge on any atom is -0.479 e. The van der Waals surface area contributed by atoms with Gasteiger partial charge in [-0.25, -0.2) is 15.0 Å². The van der Waals surface area contributed by atoms with E-state index in [9.17, 15) is 5.11 Å². The number of hydrogen-bond donors (Lipinski definition) is 1. The summed E-state index contributed by atoms with van der Waals surface area (Å²) in [5.41, 5.74) is 2.94. The van der Waals surface area contributed by atoms with Gasteiger partial charge < -0.3 is 14.7 Å². The third-order valence-electron chi connectivity index (χ3n) is 4.04. The van der Waals surface area contributed by atoms with Crippen LogP contribution in [0.2, 0.25) is 0 Å². The maximum Gasteiger partial charge on any atom is 0.313 e. The van der Waals surface area contributed by atoms with Crippen LogP contribution in [0.4, 0.5) is 5.69 Å². The number of nitrogens with zero attached hydrogens (tertiary/aromatic N) is 5. The minimum absolute atomic E-state index is 0.244. The Bertz CT molecular complexity index is 808. The van der Waals surface area contributed by atoms with Crippen LogP contribution < -0.4 is 4.90 Å². The van der Waals surface area contributed by atoms with Gasteiger partial charge in [-0.2, -0.15) is 0 Å². The number of aromatic hydroxyl groups is 1. The largest absolute Gasteiger partial charge is 0.479 e. The van der Waals surface area contributed by atoms with Gasteiger partial charge in [0, 0.05) is 49.3 Å². The Labute approximate surface area is 139 Å². The number of ether oxygens (including phenoxy) is 1. The first kappa shape index (κ1) is 14.6. The molecule has 0 spiro atoms. The Hall–Kier alpha value is -2.93. The fourth-order valence-electron chi connectivity index (χ4n) is 2.81. The van der Waals surface area contributed by atoms with E-state index >= 15 is 0 Å². The maximum absolute atomic E-state index is 9.23. The molecule has 1 aliphatic heterocycles. The van der Waals surface area contributed by atoms with Crippen LogP contribution in [0.1, 0.15) is 0 Å². The van der Waals surface area contributed by atoms with Crippen LogP contribution in [0.5, 0.6) is 6.01 Å². The van der Waals surface area contributed by atoms with Crippen molar-refractivity contribution >= 4 is 5.69 Å². The van der Waals surface area contributed by atoms with Gasteiger partial charge in [-0.3, -0.25) is 4.57 Å². The van der Waals surface area contributed by atoms with E-state index < -0.39 is 0 Å². The molecule has 1 N–H and O–H groups in total. The Morgan fingerprint density at radius 1 is 0.917 bits per heavy atom. The molecule has 0 aliphatic carbocycles. The summed E-state index contributed by atoms with van der Waals surface area (Å²) < 4.78 is 7.36. The van der Waals surface area contributed by atoms with Crippen LogP contribution in [-0.2, 0) is 4.74 Å². The monoisotopic (exact) mass is 323 g/mol. The van der Waals surface area contributed by atoms with E-state index in [2.05, 4.69) is 44.1 Å². The van der Waals surface area contributed by atoms with Crippen LogP contribution in [0.3, 0.4) is 0 Å². The van der Waals surface area contributed by atoms with E-state index in [-0.39, 0.29) is 6.01 Å². The van der Waals surface area contributed by atoms with Crippen molar-refractivity contribution in [1.82, 2.24) is 19.5 Å². The topological polar surface area (TPSA) is 76.3 Å². The lowest BCUT2D eigenvalue weighted by Crippen LogP contribution is -2.36. The van der Waals surface area contributed by atoms with Crippen LogP contribution in [0.15, 0.2) is 49.1 Å². The van der Waals surface area contributed by atoms with Crippen LogP contribution in [0, 0.1) is 0 Å². The molecular weight excluding hydrogens is 306 g/mol. The number of benzene rings is 1. The first-order chi connectivity index (χ1) is 11.8. The zero-order valence-electron chi connectivity index (χ0n) is 13.0. The summed E-state index contributed by atoms with van der Waals surface area (Å²) in [5.74, 6) is 0.731. The van der Waals surface area contributed by atoms with Crippen molar-refractivity contribution in [2.75, 3.05) is 31.2 Å². The molecule has 7 heteroatoms. The first-order valence-corrected chi connectivity index (χ1v) is 7.79. The average molecular weight is 323 g/mol. The lowest BCUT2D eigenvalue weighted by atomic mass is 10.2. The average Bonchev–Trinajstić information content (AvgIpc) is 3.13. The number of morpholine rings is 1. The van der Waals surface area contributed by atoms with Gasteiger partial charge in [-0.15, -0.1) is 0 Å². The fraction of sp³-hybridized carbons (Fsp3) is 0.235. The molecule has 3 aromatic rings. The molecule has 0 amide bonds. The van der Waals surface area contributed by atoms with Crippen LogP contribution in [0.25, 0.3) is 17.1 Å². The molecule has 2 aromatic heterocycles. The zero-order chi connectivity index (χ0) is 16.4. The lowest BCUT2D eigenvalue weighted by molar-refractivity contribution is 0.122. The Kier molecular flexibility index (Phi) is 3.84. The quantitative estimate of drug-likeness (QED) is 0.793. The Morgan fingerprint density at radius 3 is 2.29 bits per heavy atom. The molecule has 3 heterocycles. The summed E-state index contributed by atoms with van der Waals surface area (Å²) in [6.07, 6.45) is 6.75. The number of imidazole rings is 1. The highest BCUT2D eigenvalue weighted by atomic mass is 16.5.